The molecule has 0 unspecified atom stereocenters. The smallest absolute Gasteiger partial charge is 0.254 e. The van der Waals surface area contributed by atoms with Gasteiger partial charge in [-0.1, -0.05) is 0 Å². The van der Waals surface area contributed by atoms with Gasteiger partial charge in [0, 0.05) is 17.5 Å². The van der Waals surface area contributed by atoms with Crippen LogP contribution in [0.1, 0.15) is 11.1 Å². The van der Waals surface area contributed by atoms with Crippen LogP contribution in [0.25, 0.3) is 11.3 Å². The van der Waals surface area contributed by atoms with Crippen LogP contribution in [0.5, 0.6) is 5.75 Å². The van der Waals surface area contributed by atoms with Crippen molar-refractivity contribution in [3.8, 4) is 17.0 Å². The third-order valence-electron chi connectivity index (χ3n) is 3.05. The van der Waals surface area contributed by atoms with Crippen LogP contribution in [0.3, 0.4) is 0 Å². The Morgan fingerprint density at radius 3 is 3.18 bits per heavy atom. The van der Waals surface area contributed by atoms with E-state index < -0.39 is 0 Å². The van der Waals surface area contributed by atoms with Crippen LogP contribution in [0.15, 0.2) is 29.3 Å². The van der Waals surface area contributed by atoms with Gasteiger partial charge in [-0.25, -0.2) is 4.98 Å². The molecule has 1 aromatic carbocycles. The fourth-order valence-corrected chi connectivity index (χ4v) is 2.09. The molecular formula is C13H12N2O2. The molecule has 0 saturated heterocycles. The molecule has 0 amide bonds. The number of H-pyrrole nitrogens is 1. The van der Waals surface area contributed by atoms with E-state index in [1.165, 1.54) is 11.9 Å². The summed E-state index contributed by atoms with van der Waals surface area (Å²) in [6.45, 7) is 2.52. The first kappa shape index (κ1) is 10.1. The number of nitrogens with one attached hydrogen (secondary N) is 1. The van der Waals surface area contributed by atoms with Crippen molar-refractivity contribution in [2.45, 2.75) is 13.3 Å². The number of fused-ring (bicyclic) bond motifs is 1. The van der Waals surface area contributed by atoms with Gasteiger partial charge in [0.2, 0.25) is 0 Å². The Bertz CT molecular complexity index is 632. The van der Waals surface area contributed by atoms with Crippen molar-refractivity contribution in [2.75, 3.05) is 6.61 Å². The number of hydrogen-bond acceptors (Lipinski definition) is 3. The Labute approximate surface area is 98.3 Å². The van der Waals surface area contributed by atoms with Crippen molar-refractivity contribution < 1.29 is 4.74 Å². The highest BCUT2D eigenvalue weighted by atomic mass is 16.5. The molecule has 4 nitrogen and oxygen atoms in total. The molecule has 1 N–H and O–H groups in total. The molecule has 3 rings (SSSR count). The topological polar surface area (TPSA) is 55.0 Å². The van der Waals surface area contributed by atoms with Crippen LogP contribution in [0.2, 0.25) is 0 Å². The summed E-state index contributed by atoms with van der Waals surface area (Å²) < 4.78 is 5.45. The molecule has 17 heavy (non-hydrogen) atoms. The quantitative estimate of drug-likeness (QED) is 0.808. The molecule has 4 heteroatoms. The molecule has 2 aromatic rings. The van der Waals surface area contributed by atoms with E-state index >= 15 is 0 Å². The average Bonchev–Trinajstić information content (AvgIpc) is 2.79. The predicted molar refractivity (Wildman–Crippen MR) is 64.2 cm³/mol. The molecule has 86 valence electrons. The number of ether oxygens (including phenoxy) is 1. The number of nitrogens with zero attached hydrogens (tertiary/aromatic N) is 1. The van der Waals surface area contributed by atoms with Crippen molar-refractivity contribution in [1.29, 1.82) is 0 Å². The van der Waals surface area contributed by atoms with Crippen molar-refractivity contribution in [3.63, 3.8) is 0 Å². The van der Waals surface area contributed by atoms with Crippen molar-refractivity contribution in [1.82, 2.24) is 9.97 Å². The standard InChI is InChI=1S/C13H12N2O2/c1-8-12(14-7-15-13(8)16)10-2-3-11-9(6-10)4-5-17-11/h2-3,6-7H,4-5H2,1H3,(H,14,15,16). The average molecular weight is 228 g/mol. The summed E-state index contributed by atoms with van der Waals surface area (Å²) in [5.74, 6) is 0.941. The van der Waals surface area contributed by atoms with Crippen molar-refractivity contribution in [3.05, 3.63) is 46.0 Å². The molecule has 1 aromatic heterocycles. The van der Waals surface area contributed by atoms with Crippen LogP contribution in [0, 0.1) is 6.92 Å². The van der Waals surface area contributed by atoms with Gasteiger partial charge in [0.25, 0.3) is 5.56 Å². The predicted octanol–water partition coefficient (Wildman–Crippen LogP) is 1.68. The normalized spacial score (nSPS) is 13.2. The Hall–Kier alpha value is -2.10. The summed E-state index contributed by atoms with van der Waals surface area (Å²) in [5, 5.41) is 0. The van der Waals surface area contributed by atoms with Gasteiger partial charge in [0.1, 0.15) is 5.75 Å². The molecule has 1 aliphatic heterocycles. The minimum Gasteiger partial charge on any atom is -0.493 e. The Balaban J connectivity index is 2.16. The first-order valence-electron chi connectivity index (χ1n) is 5.56. The van der Waals surface area contributed by atoms with Gasteiger partial charge in [-0.05, 0) is 30.7 Å². The summed E-state index contributed by atoms with van der Waals surface area (Å²) in [6.07, 6.45) is 2.36. The summed E-state index contributed by atoms with van der Waals surface area (Å²) in [5.41, 5.74) is 3.45. The highest BCUT2D eigenvalue weighted by molar-refractivity contribution is 5.65. The molecule has 2 heterocycles. The fraction of sp³-hybridized carbons (Fsp3) is 0.231. The number of aromatic amines is 1. The zero-order chi connectivity index (χ0) is 11.8. The summed E-state index contributed by atoms with van der Waals surface area (Å²) in [6, 6.07) is 5.94. The van der Waals surface area contributed by atoms with E-state index in [1.807, 2.05) is 12.1 Å². The second kappa shape index (κ2) is 3.73. The SMILES string of the molecule is Cc1c(-c2ccc3c(c2)CCO3)nc[nH]c1=O. The molecule has 0 radical (unpaired) electrons. The van der Waals surface area contributed by atoms with Crippen LogP contribution >= 0.6 is 0 Å². The molecule has 0 atom stereocenters. The molecule has 1 aliphatic rings. The zero-order valence-corrected chi connectivity index (χ0v) is 9.49. The maximum atomic E-state index is 11.5. The van der Waals surface area contributed by atoms with Crippen molar-refractivity contribution >= 4 is 0 Å². The second-order valence-corrected chi connectivity index (χ2v) is 4.13. The third kappa shape index (κ3) is 1.62. The van der Waals surface area contributed by atoms with Gasteiger partial charge in [0.05, 0.1) is 18.6 Å². The highest BCUT2D eigenvalue weighted by Gasteiger charge is 2.14. The molecule has 0 bridgehead atoms. The zero-order valence-electron chi connectivity index (χ0n) is 9.49. The van der Waals surface area contributed by atoms with Gasteiger partial charge in [-0.2, -0.15) is 0 Å². The number of hydrogen-bond donors (Lipinski definition) is 1. The minimum atomic E-state index is -0.0910. The van der Waals surface area contributed by atoms with E-state index in [9.17, 15) is 4.79 Å². The largest absolute Gasteiger partial charge is 0.493 e. The van der Waals surface area contributed by atoms with E-state index in [1.54, 1.807) is 6.92 Å². The van der Waals surface area contributed by atoms with E-state index in [0.717, 1.165) is 30.0 Å². The number of benzene rings is 1. The maximum absolute atomic E-state index is 11.5. The first-order chi connectivity index (χ1) is 8.25. The van der Waals surface area contributed by atoms with E-state index in [-0.39, 0.29) is 5.56 Å². The summed E-state index contributed by atoms with van der Waals surface area (Å²) in [7, 11) is 0. The highest BCUT2D eigenvalue weighted by Crippen LogP contribution is 2.29. The second-order valence-electron chi connectivity index (χ2n) is 4.13. The van der Waals surface area contributed by atoms with Gasteiger partial charge in [-0.3, -0.25) is 4.79 Å². The number of aromatic nitrogens is 2. The summed E-state index contributed by atoms with van der Waals surface area (Å²) >= 11 is 0. The molecular weight excluding hydrogens is 216 g/mol. The Morgan fingerprint density at radius 1 is 1.41 bits per heavy atom. The van der Waals surface area contributed by atoms with Crippen LogP contribution < -0.4 is 10.3 Å². The van der Waals surface area contributed by atoms with Crippen LogP contribution in [-0.4, -0.2) is 16.6 Å². The Morgan fingerprint density at radius 2 is 2.29 bits per heavy atom. The molecule has 0 fully saturated rings. The molecule has 0 spiro atoms. The van der Waals surface area contributed by atoms with Gasteiger partial charge in [0.15, 0.2) is 0 Å². The first-order valence-corrected chi connectivity index (χ1v) is 5.56. The maximum Gasteiger partial charge on any atom is 0.254 e. The lowest BCUT2D eigenvalue weighted by Crippen LogP contribution is -2.11. The van der Waals surface area contributed by atoms with Gasteiger partial charge < -0.3 is 9.72 Å². The van der Waals surface area contributed by atoms with Crippen LogP contribution in [0.4, 0.5) is 0 Å². The van der Waals surface area contributed by atoms with E-state index in [2.05, 4.69) is 16.0 Å². The van der Waals surface area contributed by atoms with Crippen LogP contribution in [-0.2, 0) is 6.42 Å². The Kier molecular flexibility index (Phi) is 2.21. The third-order valence-corrected chi connectivity index (χ3v) is 3.05. The summed E-state index contributed by atoms with van der Waals surface area (Å²) in [4.78, 5) is 18.3. The van der Waals surface area contributed by atoms with E-state index in [0.29, 0.717) is 5.56 Å². The minimum absolute atomic E-state index is 0.0910. The van der Waals surface area contributed by atoms with E-state index in [4.69, 9.17) is 4.74 Å². The molecule has 0 saturated carbocycles. The van der Waals surface area contributed by atoms with Crippen molar-refractivity contribution in [2.24, 2.45) is 0 Å². The lowest BCUT2D eigenvalue weighted by atomic mass is 10.0. The lowest BCUT2D eigenvalue weighted by molar-refractivity contribution is 0.357. The van der Waals surface area contributed by atoms with Gasteiger partial charge in [-0.15, -0.1) is 0 Å². The molecule has 0 aliphatic carbocycles. The monoisotopic (exact) mass is 228 g/mol. The van der Waals surface area contributed by atoms with Gasteiger partial charge >= 0.3 is 0 Å². The fourth-order valence-electron chi connectivity index (χ4n) is 2.09. The number of rotatable bonds is 1. The lowest BCUT2D eigenvalue weighted by Gasteiger charge is -2.05.